The van der Waals surface area contributed by atoms with E-state index in [9.17, 15) is 4.79 Å². The average molecular weight is 423 g/mol. The maximum atomic E-state index is 12.1. The van der Waals surface area contributed by atoms with Crippen LogP contribution in [0.3, 0.4) is 0 Å². The third kappa shape index (κ3) is 5.54. The van der Waals surface area contributed by atoms with Gasteiger partial charge in [0.05, 0.1) is 17.7 Å². The van der Waals surface area contributed by atoms with Crippen molar-refractivity contribution in [3.05, 3.63) is 59.9 Å². The van der Waals surface area contributed by atoms with Gasteiger partial charge in [0.25, 0.3) is 5.91 Å². The fourth-order valence-electron chi connectivity index (χ4n) is 2.80. The Labute approximate surface area is 181 Å². The van der Waals surface area contributed by atoms with Crippen LogP contribution in [-0.2, 0) is 16.8 Å². The Morgan fingerprint density at radius 1 is 1.17 bits per heavy atom. The van der Waals surface area contributed by atoms with Crippen molar-refractivity contribution in [2.24, 2.45) is 5.10 Å². The smallest absolute Gasteiger partial charge is 0.250 e. The zero-order valence-electron chi connectivity index (χ0n) is 17.7. The molecular formula is C22H26N6OS. The number of nitrogens with one attached hydrogen (secondary N) is 1. The molecule has 0 radical (unpaired) electrons. The van der Waals surface area contributed by atoms with Crippen LogP contribution >= 0.6 is 11.8 Å². The number of amides is 1. The molecule has 2 heterocycles. The number of hydrogen-bond donors (Lipinski definition) is 1. The molecule has 8 heteroatoms. The summed E-state index contributed by atoms with van der Waals surface area (Å²) in [6, 6.07) is 13.9. The number of pyridine rings is 1. The number of rotatable bonds is 7. The first-order valence-electron chi connectivity index (χ1n) is 9.78. The van der Waals surface area contributed by atoms with Crippen LogP contribution in [0.2, 0.25) is 0 Å². The van der Waals surface area contributed by atoms with Crippen molar-refractivity contribution in [3.8, 4) is 11.4 Å². The number of carbonyl (C=O) groups excluding carboxylic acids is 1. The highest BCUT2D eigenvalue weighted by atomic mass is 32.2. The van der Waals surface area contributed by atoms with Gasteiger partial charge in [0.15, 0.2) is 11.0 Å². The van der Waals surface area contributed by atoms with Gasteiger partial charge in [-0.25, -0.2) is 5.43 Å². The lowest BCUT2D eigenvalue weighted by atomic mass is 9.87. The molecule has 0 saturated carbocycles. The fraction of sp³-hybridized carbons (Fsp3) is 0.318. The van der Waals surface area contributed by atoms with E-state index in [1.165, 1.54) is 23.5 Å². The van der Waals surface area contributed by atoms with E-state index in [2.05, 4.69) is 70.7 Å². The molecule has 1 amide bonds. The van der Waals surface area contributed by atoms with Crippen LogP contribution in [0.25, 0.3) is 11.4 Å². The maximum Gasteiger partial charge on any atom is 0.250 e. The zero-order chi connectivity index (χ0) is 21.6. The molecule has 156 valence electrons. The summed E-state index contributed by atoms with van der Waals surface area (Å²) in [5.74, 6) is 0.781. The van der Waals surface area contributed by atoms with Gasteiger partial charge in [-0.1, -0.05) is 62.9 Å². The Kier molecular flexibility index (Phi) is 6.99. The Morgan fingerprint density at radius 2 is 1.93 bits per heavy atom. The van der Waals surface area contributed by atoms with Gasteiger partial charge in [-0.15, -0.1) is 10.2 Å². The second-order valence-corrected chi connectivity index (χ2v) is 8.66. The Balaban J connectivity index is 1.63. The van der Waals surface area contributed by atoms with Crippen molar-refractivity contribution in [1.29, 1.82) is 0 Å². The van der Waals surface area contributed by atoms with E-state index in [1.54, 1.807) is 6.20 Å². The van der Waals surface area contributed by atoms with Gasteiger partial charge in [0.2, 0.25) is 0 Å². The van der Waals surface area contributed by atoms with Crippen LogP contribution in [0.1, 0.15) is 39.0 Å². The normalized spacial score (nSPS) is 11.7. The van der Waals surface area contributed by atoms with E-state index in [1.807, 2.05) is 29.7 Å². The van der Waals surface area contributed by atoms with Gasteiger partial charge in [-0.2, -0.15) is 5.10 Å². The highest BCUT2D eigenvalue weighted by Crippen LogP contribution is 2.27. The molecule has 2 aromatic heterocycles. The van der Waals surface area contributed by atoms with Crippen LogP contribution in [0.4, 0.5) is 0 Å². The molecule has 0 fully saturated rings. The molecule has 1 aromatic carbocycles. The van der Waals surface area contributed by atoms with E-state index in [-0.39, 0.29) is 17.1 Å². The van der Waals surface area contributed by atoms with Crippen LogP contribution < -0.4 is 5.43 Å². The summed E-state index contributed by atoms with van der Waals surface area (Å²) in [4.78, 5) is 16.2. The number of nitrogens with zero attached hydrogens (tertiary/aromatic N) is 5. The first kappa shape index (κ1) is 21.7. The predicted octanol–water partition coefficient (Wildman–Crippen LogP) is 3.90. The van der Waals surface area contributed by atoms with Crippen molar-refractivity contribution < 1.29 is 4.79 Å². The molecule has 7 nitrogen and oxygen atoms in total. The highest BCUT2D eigenvalue weighted by Gasteiger charge is 2.17. The van der Waals surface area contributed by atoms with Gasteiger partial charge < -0.3 is 4.57 Å². The number of carbonyl (C=O) groups is 1. The lowest BCUT2D eigenvalue weighted by Gasteiger charge is -2.19. The standard InChI is InChI=1S/C22H26N6OS/c1-5-28-20(16-9-11-17(12-10-16)22(2,3)4)26-27-21(28)30-15-19(29)25-24-14-18-8-6-7-13-23-18/h6-14H,5,15H2,1-4H3,(H,25,29)/b24-14+. The Hall–Kier alpha value is -3.00. The minimum absolute atomic E-state index is 0.102. The summed E-state index contributed by atoms with van der Waals surface area (Å²) < 4.78 is 2.02. The van der Waals surface area contributed by atoms with Gasteiger partial charge >= 0.3 is 0 Å². The monoisotopic (exact) mass is 422 g/mol. The molecule has 3 aromatic rings. The molecule has 0 atom stereocenters. The first-order chi connectivity index (χ1) is 14.4. The van der Waals surface area contributed by atoms with Gasteiger partial charge in [0.1, 0.15) is 0 Å². The van der Waals surface area contributed by atoms with Crippen LogP contribution in [0.5, 0.6) is 0 Å². The zero-order valence-corrected chi connectivity index (χ0v) is 18.5. The quantitative estimate of drug-likeness (QED) is 0.355. The molecule has 0 bridgehead atoms. The molecule has 3 rings (SSSR count). The van der Waals surface area contributed by atoms with Crippen molar-refractivity contribution in [2.45, 2.75) is 44.8 Å². The summed E-state index contributed by atoms with van der Waals surface area (Å²) in [5.41, 5.74) is 5.57. The third-order valence-corrected chi connectivity index (χ3v) is 5.42. The second kappa shape index (κ2) is 9.67. The Morgan fingerprint density at radius 3 is 2.57 bits per heavy atom. The average Bonchev–Trinajstić information content (AvgIpc) is 3.15. The number of hydrogen-bond acceptors (Lipinski definition) is 6. The fourth-order valence-corrected chi connectivity index (χ4v) is 3.59. The van der Waals surface area contributed by atoms with E-state index >= 15 is 0 Å². The minimum atomic E-state index is -0.214. The topological polar surface area (TPSA) is 85.1 Å². The molecule has 0 aliphatic rings. The largest absolute Gasteiger partial charge is 0.302 e. The lowest BCUT2D eigenvalue weighted by molar-refractivity contribution is -0.118. The van der Waals surface area contributed by atoms with E-state index in [0.29, 0.717) is 17.4 Å². The summed E-state index contributed by atoms with van der Waals surface area (Å²) in [7, 11) is 0. The highest BCUT2D eigenvalue weighted by molar-refractivity contribution is 7.99. The summed E-state index contributed by atoms with van der Waals surface area (Å²) >= 11 is 1.34. The van der Waals surface area contributed by atoms with Gasteiger partial charge in [-0.05, 0) is 30.0 Å². The van der Waals surface area contributed by atoms with E-state index < -0.39 is 0 Å². The van der Waals surface area contributed by atoms with Crippen molar-refractivity contribution >= 4 is 23.9 Å². The SMILES string of the molecule is CCn1c(SCC(=O)N/N=C/c2ccccn2)nnc1-c1ccc(C(C)(C)C)cc1. The summed E-state index contributed by atoms with van der Waals surface area (Å²) in [6.07, 6.45) is 3.18. The lowest BCUT2D eigenvalue weighted by Crippen LogP contribution is -2.20. The predicted molar refractivity (Wildman–Crippen MR) is 121 cm³/mol. The van der Waals surface area contributed by atoms with Crippen LogP contribution in [0, 0.1) is 0 Å². The molecule has 0 unspecified atom stereocenters. The number of hydrazone groups is 1. The minimum Gasteiger partial charge on any atom is -0.302 e. The summed E-state index contributed by atoms with van der Waals surface area (Å²) in [6.45, 7) is 9.33. The van der Waals surface area contributed by atoms with Crippen molar-refractivity contribution in [1.82, 2.24) is 25.2 Å². The van der Waals surface area contributed by atoms with Crippen LogP contribution in [-0.4, -0.2) is 37.6 Å². The number of thioether (sulfide) groups is 1. The Bertz CT molecular complexity index is 1010. The molecule has 1 N–H and O–H groups in total. The van der Waals surface area contributed by atoms with E-state index in [0.717, 1.165) is 11.4 Å². The van der Waals surface area contributed by atoms with Crippen LogP contribution in [0.15, 0.2) is 58.9 Å². The van der Waals surface area contributed by atoms with Gasteiger partial charge in [0, 0.05) is 18.3 Å². The molecular weight excluding hydrogens is 396 g/mol. The molecule has 0 aliphatic heterocycles. The van der Waals surface area contributed by atoms with E-state index in [4.69, 9.17) is 0 Å². The first-order valence-corrected chi connectivity index (χ1v) is 10.8. The maximum absolute atomic E-state index is 12.1. The van der Waals surface area contributed by atoms with Gasteiger partial charge in [-0.3, -0.25) is 9.78 Å². The molecule has 30 heavy (non-hydrogen) atoms. The van der Waals surface area contributed by atoms with Crippen molar-refractivity contribution in [2.75, 3.05) is 5.75 Å². The second-order valence-electron chi connectivity index (χ2n) is 7.71. The van der Waals surface area contributed by atoms with Crippen molar-refractivity contribution in [3.63, 3.8) is 0 Å². The molecule has 0 saturated heterocycles. The molecule has 0 spiro atoms. The third-order valence-electron chi connectivity index (χ3n) is 4.45. The number of aromatic nitrogens is 4. The number of benzene rings is 1. The summed E-state index contributed by atoms with van der Waals surface area (Å²) in [5, 5.41) is 13.3. The molecule has 0 aliphatic carbocycles.